The summed E-state index contributed by atoms with van der Waals surface area (Å²) in [7, 11) is 0. The van der Waals surface area contributed by atoms with Gasteiger partial charge in [-0.15, -0.1) is 0 Å². The first kappa shape index (κ1) is 10.1. The van der Waals surface area contributed by atoms with Gasteiger partial charge in [0.2, 0.25) is 0 Å². The molecule has 13 heavy (non-hydrogen) atoms. The zero-order valence-corrected chi connectivity index (χ0v) is 8.25. The second kappa shape index (κ2) is 4.28. The molecule has 0 aliphatic rings. The Morgan fingerprint density at radius 2 is 2.15 bits per heavy atom. The molecule has 0 heterocycles. The van der Waals surface area contributed by atoms with Crippen molar-refractivity contribution in [2.45, 2.75) is 32.7 Å². The molecule has 0 aliphatic heterocycles. The van der Waals surface area contributed by atoms with Crippen molar-refractivity contribution in [2.75, 3.05) is 0 Å². The van der Waals surface area contributed by atoms with E-state index in [2.05, 4.69) is 6.92 Å². The van der Waals surface area contributed by atoms with E-state index in [0.29, 0.717) is 5.75 Å². The first-order valence-electron chi connectivity index (χ1n) is 4.70. The van der Waals surface area contributed by atoms with E-state index < -0.39 is 0 Å². The van der Waals surface area contributed by atoms with Crippen molar-refractivity contribution in [2.24, 2.45) is 5.73 Å². The second-order valence-electron chi connectivity index (χ2n) is 3.46. The minimum absolute atomic E-state index is 0.0371. The fourth-order valence-corrected chi connectivity index (χ4v) is 1.44. The Balaban J connectivity index is 2.91. The van der Waals surface area contributed by atoms with Gasteiger partial charge in [-0.05, 0) is 19.4 Å². The van der Waals surface area contributed by atoms with Crippen molar-refractivity contribution in [3.63, 3.8) is 0 Å². The molecule has 2 nitrogen and oxygen atoms in total. The van der Waals surface area contributed by atoms with Gasteiger partial charge in [-0.1, -0.05) is 31.0 Å². The van der Waals surface area contributed by atoms with E-state index in [1.165, 1.54) is 0 Å². The van der Waals surface area contributed by atoms with Crippen LogP contribution in [0.5, 0.6) is 5.75 Å². The second-order valence-corrected chi connectivity index (χ2v) is 3.46. The van der Waals surface area contributed by atoms with E-state index in [1.54, 1.807) is 6.07 Å². The van der Waals surface area contributed by atoms with E-state index in [0.717, 1.165) is 24.0 Å². The van der Waals surface area contributed by atoms with Crippen LogP contribution in [0.15, 0.2) is 18.2 Å². The fraction of sp³-hybridized carbons (Fsp3) is 0.455. The van der Waals surface area contributed by atoms with E-state index >= 15 is 0 Å². The summed E-state index contributed by atoms with van der Waals surface area (Å²) in [6, 6.07) is 5.51. The third-order valence-corrected chi connectivity index (χ3v) is 2.18. The maximum Gasteiger partial charge on any atom is 0.120 e. The number of benzene rings is 1. The van der Waals surface area contributed by atoms with Gasteiger partial charge in [-0.2, -0.15) is 0 Å². The normalized spacial score (nSPS) is 12.8. The number of phenolic OH excluding ortho intramolecular Hbond substituents is 1. The molecule has 1 aromatic carbocycles. The zero-order valence-electron chi connectivity index (χ0n) is 8.25. The summed E-state index contributed by atoms with van der Waals surface area (Å²) in [5.41, 5.74) is 7.92. The van der Waals surface area contributed by atoms with Gasteiger partial charge < -0.3 is 10.8 Å². The summed E-state index contributed by atoms with van der Waals surface area (Å²) in [5.74, 6) is 0.312. The topological polar surface area (TPSA) is 46.2 Å². The molecule has 3 N–H and O–H groups in total. The number of phenols is 1. The third-order valence-electron chi connectivity index (χ3n) is 2.18. The molecule has 0 aliphatic carbocycles. The van der Waals surface area contributed by atoms with E-state index in [9.17, 15) is 5.11 Å². The molecule has 2 heteroatoms. The van der Waals surface area contributed by atoms with Crippen molar-refractivity contribution < 1.29 is 5.11 Å². The van der Waals surface area contributed by atoms with Gasteiger partial charge in [0.1, 0.15) is 5.75 Å². The van der Waals surface area contributed by atoms with Crippen LogP contribution in [-0.4, -0.2) is 5.11 Å². The fourth-order valence-electron chi connectivity index (χ4n) is 1.44. The Hall–Kier alpha value is -1.02. The molecule has 0 amide bonds. The standard InChI is InChI=1S/C11H17NO/c1-3-4-10(12)9-7-8(2)5-6-11(9)13/h5-7,10,13H,3-4,12H2,1-2H3. The third kappa shape index (κ3) is 2.46. The number of aryl methyl sites for hydroxylation is 1. The van der Waals surface area contributed by atoms with Crippen LogP contribution in [0, 0.1) is 6.92 Å². The lowest BCUT2D eigenvalue weighted by Crippen LogP contribution is -2.09. The van der Waals surface area contributed by atoms with Crippen LogP contribution >= 0.6 is 0 Å². The van der Waals surface area contributed by atoms with Crippen molar-refractivity contribution in [3.8, 4) is 5.75 Å². The van der Waals surface area contributed by atoms with Crippen LogP contribution in [-0.2, 0) is 0 Å². The number of nitrogens with two attached hydrogens (primary N) is 1. The quantitative estimate of drug-likeness (QED) is 0.748. The van der Waals surface area contributed by atoms with Gasteiger partial charge in [-0.25, -0.2) is 0 Å². The van der Waals surface area contributed by atoms with Crippen LogP contribution in [0.3, 0.4) is 0 Å². The summed E-state index contributed by atoms with van der Waals surface area (Å²) in [5, 5.41) is 9.55. The average Bonchev–Trinajstić information content (AvgIpc) is 2.09. The molecule has 0 radical (unpaired) electrons. The summed E-state index contributed by atoms with van der Waals surface area (Å²) in [6.07, 6.45) is 1.95. The Bertz CT molecular complexity index is 283. The highest BCUT2D eigenvalue weighted by molar-refractivity contribution is 5.37. The van der Waals surface area contributed by atoms with E-state index in [-0.39, 0.29) is 6.04 Å². The Morgan fingerprint density at radius 1 is 1.46 bits per heavy atom. The van der Waals surface area contributed by atoms with Gasteiger partial charge in [0, 0.05) is 11.6 Å². The summed E-state index contributed by atoms with van der Waals surface area (Å²) >= 11 is 0. The Kier molecular flexibility index (Phi) is 3.32. The summed E-state index contributed by atoms with van der Waals surface area (Å²) in [4.78, 5) is 0. The molecule has 1 rings (SSSR count). The monoisotopic (exact) mass is 179 g/mol. The predicted molar refractivity (Wildman–Crippen MR) is 54.7 cm³/mol. The van der Waals surface area contributed by atoms with Crippen LogP contribution in [0.4, 0.5) is 0 Å². The molecule has 0 aromatic heterocycles. The maximum absolute atomic E-state index is 9.55. The minimum atomic E-state index is -0.0371. The molecule has 0 fully saturated rings. The molecule has 0 saturated heterocycles. The zero-order chi connectivity index (χ0) is 9.84. The SMILES string of the molecule is CCCC(N)c1cc(C)ccc1O. The molecule has 0 saturated carbocycles. The van der Waals surface area contributed by atoms with Gasteiger partial charge >= 0.3 is 0 Å². The first-order valence-corrected chi connectivity index (χ1v) is 4.70. The van der Waals surface area contributed by atoms with Crippen molar-refractivity contribution in [1.82, 2.24) is 0 Å². The van der Waals surface area contributed by atoms with Crippen LogP contribution < -0.4 is 5.73 Å². The lowest BCUT2D eigenvalue weighted by atomic mass is 10.0. The molecule has 1 aromatic rings. The number of aromatic hydroxyl groups is 1. The molecule has 0 spiro atoms. The van der Waals surface area contributed by atoms with Gasteiger partial charge in [0.25, 0.3) is 0 Å². The minimum Gasteiger partial charge on any atom is -0.508 e. The number of hydrogen-bond acceptors (Lipinski definition) is 2. The van der Waals surface area contributed by atoms with Gasteiger partial charge in [-0.3, -0.25) is 0 Å². The highest BCUT2D eigenvalue weighted by Gasteiger charge is 2.09. The first-order chi connectivity index (χ1) is 6.15. The predicted octanol–water partition coefficient (Wildman–Crippen LogP) is 2.50. The highest BCUT2D eigenvalue weighted by atomic mass is 16.3. The molecule has 1 atom stereocenters. The Morgan fingerprint density at radius 3 is 2.77 bits per heavy atom. The number of rotatable bonds is 3. The lowest BCUT2D eigenvalue weighted by molar-refractivity contribution is 0.458. The molecular formula is C11H17NO. The maximum atomic E-state index is 9.55. The van der Waals surface area contributed by atoms with Crippen molar-refractivity contribution >= 4 is 0 Å². The van der Waals surface area contributed by atoms with E-state index in [4.69, 9.17) is 5.73 Å². The summed E-state index contributed by atoms with van der Waals surface area (Å²) in [6.45, 7) is 4.09. The molecule has 1 unspecified atom stereocenters. The highest BCUT2D eigenvalue weighted by Crippen LogP contribution is 2.26. The van der Waals surface area contributed by atoms with Crippen LogP contribution in [0.2, 0.25) is 0 Å². The lowest BCUT2D eigenvalue weighted by Gasteiger charge is -2.12. The van der Waals surface area contributed by atoms with Crippen molar-refractivity contribution in [1.29, 1.82) is 0 Å². The smallest absolute Gasteiger partial charge is 0.120 e. The van der Waals surface area contributed by atoms with E-state index in [1.807, 2.05) is 19.1 Å². The van der Waals surface area contributed by atoms with Crippen LogP contribution in [0.1, 0.15) is 36.9 Å². The van der Waals surface area contributed by atoms with Crippen LogP contribution in [0.25, 0.3) is 0 Å². The average molecular weight is 179 g/mol. The van der Waals surface area contributed by atoms with Gasteiger partial charge in [0.05, 0.1) is 0 Å². The molecule has 0 bridgehead atoms. The summed E-state index contributed by atoms with van der Waals surface area (Å²) < 4.78 is 0. The Labute approximate surface area is 79.4 Å². The van der Waals surface area contributed by atoms with Gasteiger partial charge in [0.15, 0.2) is 0 Å². The molecule has 72 valence electrons. The number of hydrogen-bond donors (Lipinski definition) is 2. The molecular weight excluding hydrogens is 162 g/mol. The largest absolute Gasteiger partial charge is 0.508 e. The van der Waals surface area contributed by atoms with Crippen molar-refractivity contribution in [3.05, 3.63) is 29.3 Å².